The van der Waals surface area contributed by atoms with Crippen LogP contribution in [0.4, 0.5) is 0 Å². The highest BCUT2D eigenvalue weighted by Crippen LogP contribution is 2.42. The number of nitrogens with one attached hydrogen (secondary N) is 3. The maximum atomic E-state index is 12.6. The van der Waals surface area contributed by atoms with Gasteiger partial charge in [-0.05, 0) is 45.2 Å². The monoisotopic (exact) mass is 467 g/mol. The van der Waals surface area contributed by atoms with Gasteiger partial charge in [0.05, 0.1) is 34.4 Å². The Morgan fingerprint density at radius 3 is 1.69 bits per heavy atom. The number of aromatic nitrogens is 2. The van der Waals surface area contributed by atoms with E-state index in [0.717, 1.165) is 43.6 Å². The van der Waals surface area contributed by atoms with E-state index in [2.05, 4.69) is 15.3 Å². The molecule has 2 unspecified atom stereocenters. The molecule has 0 bridgehead atoms. The van der Waals surface area contributed by atoms with Crippen LogP contribution in [0, 0.1) is 0 Å². The fraction of sp³-hybridized carbons (Fsp3) is 0.286. The summed E-state index contributed by atoms with van der Waals surface area (Å²) in [5, 5.41) is 5.96. The molecule has 3 aromatic carbocycles. The molecule has 1 saturated heterocycles. The van der Waals surface area contributed by atoms with Gasteiger partial charge in [0.25, 0.3) is 11.8 Å². The predicted octanol–water partition coefficient (Wildman–Crippen LogP) is 5.53. The highest BCUT2D eigenvalue weighted by molar-refractivity contribution is 6.39. The van der Waals surface area contributed by atoms with Gasteiger partial charge in [-0.25, -0.2) is 0 Å². The van der Waals surface area contributed by atoms with E-state index < -0.39 is 0 Å². The largest absolute Gasteiger partial charge is 0.353 e. The van der Waals surface area contributed by atoms with E-state index in [9.17, 15) is 9.59 Å². The quantitative estimate of drug-likeness (QED) is 0.261. The SMILES string of the molecule is CC1(C)OC2CCCC2O1.O=C1NC(=O)c2c1c1c3ccccc3[nH]c1c1[nH]c3ccccc3c21. The number of benzene rings is 3. The molecule has 0 spiro atoms. The fourth-order valence-corrected chi connectivity index (χ4v) is 6.03. The molecular formula is C28H25N3O4. The standard InChI is InChI=1S/C20H11N3O2.C8H14O2/c24-19-15-13-9-5-1-3-7-11(9)21-17(13)18-14(16(15)20(25)23-19)10-6-2-4-8-12(10)22-18;1-8(2)9-6-4-3-5-7(6)10-8/h1-8,21-22H,(H,23,24,25);6-7H,3-5H2,1-2H3. The van der Waals surface area contributed by atoms with Crippen LogP contribution in [-0.4, -0.2) is 39.8 Å². The van der Waals surface area contributed by atoms with E-state index in [1.807, 2.05) is 62.4 Å². The second-order valence-corrected chi connectivity index (χ2v) is 10.0. The Balaban J connectivity index is 0.000000176. The first-order valence-corrected chi connectivity index (χ1v) is 12.1. The Labute approximate surface area is 200 Å². The van der Waals surface area contributed by atoms with E-state index in [4.69, 9.17) is 9.47 Å². The zero-order valence-corrected chi connectivity index (χ0v) is 19.5. The smallest absolute Gasteiger partial charge is 0.259 e. The summed E-state index contributed by atoms with van der Waals surface area (Å²) in [7, 11) is 0. The van der Waals surface area contributed by atoms with Gasteiger partial charge in [0, 0.05) is 32.6 Å². The zero-order chi connectivity index (χ0) is 23.9. The third-order valence-electron chi connectivity index (χ3n) is 7.36. The number of hydrogen-bond donors (Lipinski definition) is 3. The minimum atomic E-state index is -0.332. The summed E-state index contributed by atoms with van der Waals surface area (Å²) in [5.41, 5.74) is 4.53. The molecule has 2 fully saturated rings. The fourth-order valence-electron chi connectivity index (χ4n) is 6.03. The van der Waals surface area contributed by atoms with Crippen LogP contribution >= 0.6 is 0 Å². The van der Waals surface area contributed by atoms with E-state index in [1.54, 1.807) is 0 Å². The van der Waals surface area contributed by atoms with Gasteiger partial charge in [-0.1, -0.05) is 36.4 Å². The number of ether oxygens (including phenoxy) is 2. The number of rotatable bonds is 0. The van der Waals surface area contributed by atoms with E-state index in [-0.39, 0.29) is 17.6 Å². The first-order valence-electron chi connectivity index (χ1n) is 12.1. The molecule has 2 aliphatic heterocycles. The Bertz CT molecular complexity index is 1570. The number of H-pyrrole nitrogens is 2. The number of hydrogen-bond acceptors (Lipinski definition) is 4. The lowest BCUT2D eigenvalue weighted by Crippen LogP contribution is -2.21. The second-order valence-electron chi connectivity index (χ2n) is 10.0. The average Bonchev–Trinajstić information content (AvgIpc) is 3.60. The van der Waals surface area contributed by atoms with Crippen LogP contribution in [0.3, 0.4) is 0 Å². The van der Waals surface area contributed by atoms with Crippen molar-refractivity contribution in [2.75, 3.05) is 0 Å². The molecule has 2 aromatic heterocycles. The van der Waals surface area contributed by atoms with Crippen molar-refractivity contribution in [2.45, 2.75) is 51.1 Å². The molecule has 1 saturated carbocycles. The molecule has 5 aromatic rings. The van der Waals surface area contributed by atoms with Gasteiger partial charge in [-0.15, -0.1) is 0 Å². The number of imide groups is 1. The van der Waals surface area contributed by atoms with E-state index in [1.165, 1.54) is 19.3 Å². The van der Waals surface area contributed by atoms with Gasteiger partial charge in [0.2, 0.25) is 0 Å². The van der Waals surface area contributed by atoms with Crippen molar-refractivity contribution >= 4 is 55.4 Å². The summed E-state index contributed by atoms with van der Waals surface area (Å²) in [6.07, 6.45) is 4.44. The van der Waals surface area contributed by atoms with Crippen LogP contribution in [0.25, 0.3) is 43.6 Å². The van der Waals surface area contributed by atoms with Crippen LogP contribution in [0.15, 0.2) is 48.5 Å². The second kappa shape index (κ2) is 7.16. The first-order chi connectivity index (χ1) is 16.9. The normalized spacial score (nSPS) is 22.6. The molecule has 4 heterocycles. The minimum absolute atomic E-state index is 0.310. The van der Waals surface area contributed by atoms with Crippen LogP contribution in [-0.2, 0) is 9.47 Å². The molecule has 1 aliphatic carbocycles. The summed E-state index contributed by atoms with van der Waals surface area (Å²) in [4.78, 5) is 32.0. The number of fused-ring (bicyclic) bond motifs is 11. The van der Waals surface area contributed by atoms with Crippen molar-refractivity contribution in [1.29, 1.82) is 0 Å². The molecule has 3 aliphatic rings. The van der Waals surface area contributed by atoms with Crippen LogP contribution in [0.5, 0.6) is 0 Å². The number of carbonyl (C=O) groups excluding carboxylic acids is 2. The van der Waals surface area contributed by atoms with Gasteiger partial charge >= 0.3 is 0 Å². The molecule has 0 radical (unpaired) electrons. The lowest BCUT2D eigenvalue weighted by atomic mass is 9.97. The number of amides is 2. The molecule has 35 heavy (non-hydrogen) atoms. The molecule has 176 valence electrons. The Morgan fingerprint density at radius 2 is 1.20 bits per heavy atom. The minimum Gasteiger partial charge on any atom is -0.353 e. The van der Waals surface area contributed by atoms with Gasteiger partial charge in [0.1, 0.15) is 0 Å². The Kier molecular flexibility index (Phi) is 4.23. The topological polar surface area (TPSA) is 96.2 Å². The molecule has 2 atom stereocenters. The van der Waals surface area contributed by atoms with Crippen molar-refractivity contribution in [3.63, 3.8) is 0 Å². The number of aromatic amines is 2. The summed E-state index contributed by atoms with van der Waals surface area (Å²) in [6, 6.07) is 15.7. The maximum absolute atomic E-state index is 12.6. The van der Waals surface area contributed by atoms with Crippen molar-refractivity contribution in [1.82, 2.24) is 15.3 Å². The summed E-state index contributed by atoms with van der Waals surface area (Å²) < 4.78 is 11.3. The van der Waals surface area contributed by atoms with Crippen molar-refractivity contribution in [3.05, 3.63) is 59.7 Å². The number of carbonyl (C=O) groups is 2. The van der Waals surface area contributed by atoms with Gasteiger partial charge < -0.3 is 19.4 Å². The summed E-state index contributed by atoms with van der Waals surface area (Å²) in [5.74, 6) is -0.973. The summed E-state index contributed by atoms with van der Waals surface area (Å²) >= 11 is 0. The Morgan fingerprint density at radius 1 is 0.743 bits per heavy atom. The highest BCUT2D eigenvalue weighted by Gasteiger charge is 2.43. The Hall–Kier alpha value is -3.68. The highest BCUT2D eigenvalue weighted by atomic mass is 16.8. The molecule has 3 N–H and O–H groups in total. The molecule has 8 rings (SSSR count). The average molecular weight is 468 g/mol. The van der Waals surface area contributed by atoms with E-state index in [0.29, 0.717) is 23.3 Å². The first kappa shape index (κ1) is 20.7. The lowest BCUT2D eigenvalue weighted by Gasteiger charge is -2.17. The van der Waals surface area contributed by atoms with Crippen LogP contribution < -0.4 is 5.32 Å². The number of para-hydroxylation sites is 2. The predicted molar refractivity (Wildman–Crippen MR) is 135 cm³/mol. The molecule has 2 amide bonds. The molecular weight excluding hydrogens is 442 g/mol. The zero-order valence-electron chi connectivity index (χ0n) is 19.5. The maximum Gasteiger partial charge on any atom is 0.259 e. The third kappa shape index (κ3) is 2.98. The lowest BCUT2D eigenvalue weighted by molar-refractivity contribution is -0.151. The third-order valence-corrected chi connectivity index (χ3v) is 7.36. The van der Waals surface area contributed by atoms with Gasteiger partial charge in [-0.2, -0.15) is 0 Å². The molecule has 7 heteroatoms. The van der Waals surface area contributed by atoms with Crippen molar-refractivity contribution in [2.24, 2.45) is 0 Å². The molecule has 7 nitrogen and oxygen atoms in total. The van der Waals surface area contributed by atoms with Crippen molar-refractivity contribution < 1.29 is 19.1 Å². The van der Waals surface area contributed by atoms with Crippen LogP contribution in [0.1, 0.15) is 53.8 Å². The van der Waals surface area contributed by atoms with Crippen molar-refractivity contribution in [3.8, 4) is 0 Å². The summed E-state index contributed by atoms with van der Waals surface area (Å²) in [6.45, 7) is 3.98. The van der Waals surface area contributed by atoms with Crippen LogP contribution in [0.2, 0.25) is 0 Å². The van der Waals surface area contributed by atoms with E-state index >= 15 is 0 Å². The van der Waals surface area contributed by atoms with Gasteiger partial charge in [0.15, 0.2) is 5.79 Å². The van der Waals surface area contributed by atoms with Gasteiger partial charge in [-0.3, -0.25) is 14.9 Å².